The first kappa shape index (κ1) is 18.1. The summed E-state index contributed by atoms with van der Waals surface area (Å²) in [6.45, 7) is 4.91. The Balaban J connectivity index is 1.60. The molecule has 0 spiro atoms. The number of nitrogens with zero attached hydrogens (tertiary/aromatic N) is 2. The van der Waals surface area contributed by atoms with Crippen LogP contribution in [0.25, 0.3) is 11.3 Å². The molecule has 3 aromatic rings. The van der Waals surface area contributed by atoms with Gasteiger partial charge < -0.3 is 4.74 Å². The molecule has 2 aromatic carbocycles. The van der Waals surface area contributed by atoms with Crippen molar-refractivity contribution in [2.45, 2.75) is 13.8 Å². The summed E-state index contributed by atoms with van der Waals surface area (Å²) < 4.78 is 18.7. The van der Waals surface area contributed by atoms with Crippen LogP contribution >= 0.6 is 11.3 Å². The number of nitrogens with one attached hydrogen (secondary N) is 1. The molecule has 0 unspecified atom stereocenters. The van der Waals surface area contributed by atoms with Gasteiger partial charge in [-0.1, -0.05) is 26.0 Å². The van der Waals surface area contributed by atoms with Crippen molar-refractivity contribution in [3.8, 4) is 17.0 Å². The van der Waals surface area contributed by atoms with E-state index in [0.29, 0.717) is 17.7 Å². The topological polar surface area (TPSA) is 46.5 Å². The molecule has 0 atom stereocenters. The molecule has 4 nitrogen and oxygen atoms in total. The number of rotatable bonds is 7. The maximum absolute atomic E-state index is 13.0. The summed E-state index contributed by atoms with van der Waals surface area (Å²) in [5.74, 6) is 1.05. The lowest BCUT2D eigenvalue weighted by molar-refractivity contribution is 0.271. The van der Waals surface area contributed by atoms with E-state index in [4.69, 9.17) is 4.74 Å². The molecule has 0 aliphatic carbocycles. The van der Waals surface area contributed by atoms with Crippen molar-refractivity contribution < 1.29 is 9.13 Å². The molecule has 1 aromatic heterocycles. The quantitative estimate of drug-likeness (QED) is 0.446. The Labute approximate surface area is 156 Å². The van der Waals surface area contributed by atoms with Crippen LogP contribution in [0.5, 0.6) is 5.75 Å². The molecule has 134 valence electrons. The van der Waals surface area contributed by atoms with E-state index in [1.54, 1.807) is 18.3 Å². The average Bonchev–Trinajstić information content (AvgIpc) is 3.10. The standard InChI is InChI=1S/C20H20FN3OS/c1-14(2)12-25-18-5-3-4-15(10-18)11-22-24-20-23-19(13-26-20)16-6-8-17(21)9-7-16/h3-11,13-14H,12H2,1-2H3,(H,23,24)/b22-11-. The van der Waals surface area contributed by atoms with E-state index >= 15 is 0 Å². The number of hydrogen-bond acceptors (Lipinski definition) is 5. The second kappa shape index (κ2) is 8.58. The van der Waals surface area contributed by atoms with Crippen LogP contribution in [0.3, 0.4) is 0 Å². The van der Waals surface area contributed by atoms with E-state index < -0.39 is 0 Å². The molecule has 26 heavy (non-hydrogen) atoms. The minimum atomic E-state index is -0.258. The highest BCUT2D eigenvalue weighted by Crippen LogP contribution is 2.25. The van der Waals surface area contributed by atoms with E-state index in [1.165, 1.54) is 23.5 Å². The summed E-state index contributed by atoms with van der Waals surface area (Å²) in [4.78, 5) is 4.45. The molecular weight excluding hydrogens is 349 g/mol. The third kappa shape index (κ3) is 5.13. The molecule has 1 heterocycles. The highest BCUT2D eigenvalue weighted by Gasteiger charge is 2.04. The number of halogens is 1. The van der Waals surface area contributed by atoms with Crippen LogP contribution in [0.4, 0.5) is 9.52 Å². The Morgan fingerprint density at radius 1 is 1.23 bits per heavy atom. The third-order valence-electron chi connectivity index (χ3n) is 3.46. The largest absolute Gasteiger partial charge is 0.493 e. The number of anilines is 1. The molecule has 0 aliphatic rings. The molecule has 0 bridgehead atoms. The first-order valence-electron chi connectivity index (χ1n) is 8.33. The van der Waals surface area contributed by atoms with Gasteiger partial charge in [0.15, 0.2) is 0 Å². The maximum Gasteiger partial charge on any atom is 0.203 e. The zero-order chi connectivity index (χ0) is 18.4. The zero-order valence-electron chi connectivity index (χ0n) is 14.6. The van der Waals surface area contributed by atoms with Crippen LogP contribution in [0.2, 0.25) is 0 Å². The van der Waals surface area contributed by atoms with Crippen molar-refractivity contribution in [2.24, 2.45) is 11.0 Å². The van der Waals surface area contributed by atoms with Gasteiger partial charge in [0, 0.05) is 10.9 Å². The van der Waals surface area contributed by atoms with Crippen LogP contribution in [0, 0.1) is 11.7 Å². The van der Waals surface area contributed by atoms with Crippen molar-refractivity contribution >= 4 is 22.7 Å². The van der Waals surface area contributed by atoms with Crippen LogP contribution in [-0.4, -0.2) is 17.8 Å². The summed E-state index contributed by atoms with van der Waals surface area (Å²) in [5.41, 5.74) is 5.52. The van der Waals surface area contributed by atoms with Crippen molar-refractivity contribution in [1.29, 1.82) is 0 Å². The van der Waals surface area contributed by atoms with E-state index in [1.807, 2.05) is 29.6 Å². The highest BCUT2D eigenvalue weighted by atomic mass is 32.1. The van der Waals surface area contributed by atoms with E-state index in [-0.39, 0.29) is 5.82 Å². The number of hydrazone groups is 1. The van der Waals surface area contributed by atoms with Gasteiger partial charge in [0.1, 0.15) is 11.6 Å². The maximum atomic E-state index is 13.0. The molecule has 0 saturated carbocycles. The Bertz CT molecular complexity index is 875. The summed E-state index contributed by atoms with van der Waals surface area (Å²) in [5, 5.41) is 6.81. The SMILES string of the molecule is CC(C)COc1cccc(/C=N\Nc2nc(-c3ccc(F)cc3)cs2)c1. The Kier molecular flexibility index (Phi) is 5.96. The van der Waals surface area contributed by atoms with Crippen LogP contribution in [-0.2, 0) is 0 Å². The predicted molar refractivity (Wildman–Crippen MR) is 105 cm³/mol. The fourth-order valence-corrected chi connectivity index (χ4v) is 2.86. The van der Waals surface area contributed by atoms with Gasteiger partial charge in [0.2, 0.25) is 5.13 Å². The summed E-state index contributed by atoms with van der Waals surface area (Å²) in [6.07, 6.45) is 1.72. The van der Waals surface area contributed by atoms with Gasteiger partial charge >= 0.3 is 0 Å². The van der Waals surface area contributed by atoms with Crippen molar-refractivity contribution in [1.82, 2.24) is 4.98 Å². The van der Waals surface area contributed by atoms with E-state index in [9.17, 15) is 4.39 Å². The van der Waals surface area contributed by atoms with Crippen molar-refractivity contribution in [3.05, 3.63) is 65.3 Å². The van der Waals surface area contributed by atoms with Gasteiger partial charge in [0.05, 0.1) is 18.5 Å². The van der Waals surface area contributed by atoms with Gasteiger partial charge in [-0.15, -0.1) is 11.3 Å². The lowest BCUT2D eigenvalue weighted by Gasteiger charge is -2.08. The lowest BCUT2D eigenvalue weighted by Crippen LogP contribution is -2.04. The second-order valence-electron chi connectivity index (χ2n) is 6.19. The predicted octanol–water partition coefficient (Wildman–Crippen LogP) is 5.43. The fourth-order valence-electron chi connectivity index (χ4n) is 2.19. The first-order chi connectivity index (χ1) is 12.6. The molecule has 0 radical (unpaired) electrons. The monoisotopic (exact) mass is 369 g/mol. The number of hydrogen-bond donors (Lipinski definition) is 1. The van der Waals surface area contributed by atoms with Gasteiger partial charge in [-0.25, -0.2) is 9.37 Å². The lowest BCUT2D eigenvalue weighted by atomic mass is 10.2. The molecule has 0 fully saturated rings. The number of aromatic nitrogens is 1. The number of ether oxygens (including phenoxy) is 1. The van der Waals surface area contributed by atoms with Crippen LogP contribution in [0.15, 0.2) is 59.0 Å². The second-order valence-corrected chi connectivity index (χ2v) is 7.05. The first-order valence-corrected chi connectivity index (χ1v) is 9.21. The van der Waals surface area contributed by atoms with Crippen molar-refractivity contribution in [2.75, 3.05) is 12.0 Å². The Morgan fingerprint density at radius 3 is 2.81 bits per heavy atom. The molecule has 6 heteroatoms. The third-order valence-corrected chi connectivity index (χ3v) is 4.21. The minimum Gasteiger partial charge on any atom is -0.493 e. The van der Waals surface area contributed by atoms with Gasteiger partial charge in [-0.05, 0) is 47.9 Å². The summed E-state index contributed by atoms with van der Waals surface area (Å²) >= 11 is 1.44. The smallest absolute Gasteiger partial charge is 0.203 e. The Morgan fingerprint density at radius 2 is 2.04 bits per heavy atom. The average molecular weight is 369 g/mol. The molecule has 3 rings (SSSR count). The highest BCUT2D eigenvalue weighted by molar-refractivity contribution is 7.14. The Hall–Kier alpha value is -2.73. The van der Waals surface area contributed by atoms with Crippen molar-refractivity contribution in [3.63, 3.8) is 0 Å². The zero-order valence-corrected chi connectivity index (χ0v) is 15.5. The van der Waals surface area contributed by atoms with Crippen LogP contribution in [0.1, 0.15) is 19.4 Å². The number of benzene rings is 2. The molecular formula is C20H20FN3OS. The fraction of sp³-hybridized carbons (Fsp3) is 0.200. The number of thiazole rings is 1. The normalized spacial score (nSPS) is 11.2. The van der Waals surface area contributed by atoms with Gasteiger partial charge in [0.25, 0.3) is 0 Å². The molecule has 0 amide bonds. The van der Waals surface area contributed by atoms with Gasteiger partial charge in [-0.2, -0.15) is 5.10 Å². The van der Waals surface area contributed by atoms with Gasteiger partial charge in [-0.3, -0.25) is 5.43 Å². The summed E-state index contributed by atoms with van der Waals surface area (Å²) in [7, 11) is 0. The molecule has 1 N–H and O–H groups in total. The molecule has 0 aliphatic heterocycles. The van der Waals surface area contributed by atoms with E-state index in [2.05, 4.69) is 29.4 Å². The van der Waals surface area contributed by atoms with E-state index in [0.717, 1.165) is 22.6 Å². The van der Waals surface area contributed by atoms with Crippen LogP contribution < -0.4 is 10.2 Å². The molecule has 0 saturated heterocycles. The minimum absolute atomic E-state index is 0.258. The summed E-state index contributed by atoms with van der Waals surface area (Å²) in [6, 6.07) is 14.0.